The number of aryl methyl sites for hydroxylation is 1. The minimum atomic E-state index is -0.148. The van der Waals surface area contributed by atoms with Crippen LogP contribution >= 0.6 is 27.5 Å². The maximum atomic E-state index is 6.27. The highest BCUT2D eigenvalue weighted by molar-refractivity contribution is 9.10. The molecule has 3 aromatic rings. The molecule has 0 aliphatic carbocycles. The van der Waals surface area contributed by atoms with Gasteiger partial charge in [0, 0.05) is 17.7 Å². The molecule has 0 aliphatic heterocycles. The molecule has 0 radical (unpaired) electrons. The van der Waals surface area contributed by atoms with Crippen LogP contribution in [0.1, 0.15) is 23.8 Å². The van der Waals surface area contributed by atoms with E-state index in [1.807, 2.05) is 38.4 Å². The minimum Gasteiger partial charge on any atom is -0.321 e. The van der Waals surface area contributed by atoms with Crippen LogP contribution < -0.4 is 0 Å². The second-order valence-electron chi connectivity index (χ2n) is 4.79. The van der Waals surface area contributed by atoms with Gasteiger partial charge in [0.05, 0.1) is 28.6 Å². The molecule has 0 bridgehead atoms. The van der Waals surface area contributed by atoms with Gasteiger partial charge in [0.1, 0.15) is 5.82 Å². The summed E-state index contributed by atoms with van der Waals surface area (Å²) in [5, 5.41) is 4.28. The molecule has 0 aliphatic rings. The van der Waals surface area contributed by atoms with E-state index in [1.165, 1.54) is 0 Å². The summed E-state index contributed by atoms with van der Waals surface area (Å²) < 4.78 is 4.94. The largest absolute Gasteiger partial charge is 0.321 e. The van der Waals surface area contributed by atoms with E-state index in [2.05, 4.69) is 36.6 Å². The topological polar surface area (TPSA) is 35.6 Å². The minimum absolute atomic E-state index is 0.148. The van der Waals surface area contributed by atoms with Crippen LogP contribution in [0.4, 0.5) is 0 Å². The fraction of sp³-hybridized carbons (Fsp3) is 0.286. The molecule has 0 amide bonds. The van der Waals surface area contributed by atoms with Gasteiger partial charge in [0.15, 0.2) is 0 Å². The molecule has 104 valence electrons. The van der Waals surface area contributed by atoms with Crippen molar-refractivity contribution < 1.29 is 0 Å². The van der Waals surface area contributed by atoms with Crippen LogP contribution in [0, 0.1) is 0 Å². The summed E-state index contributed by atoms with van der Waals surface area (Å²) in [4.78, 5) is 4.64. The number of hydrogen-bond donors (Lipinski definition) is 0. The van der Waals surface area contributed by atoms with Gasteiger partial charge in [-0.1, -0.05) is 15.9 Å². The average molecular weight is 354 g/mol. The van der Waals surface area contributed by atoms with Crippen molar-refractivity contribution in [3.8, 4) is 0 Å². The van der Waals surface area contributed by atoms with Gasteiger partial charge in [-0.15, -0.1) is 11.6 Å². The van der Waals surface area contributed by atoms with Crippen molar-refractivity contribution >= 4 is 38.6 Å². The number of fused-ring (bicyclic) bond motifs is 1. The Labute approximate surface area is 130 Å². The Kier molecular flexibility index (Phi) is 3.56. The van der Waals surface area contributed by atoms with Crippen molar-refractivity contribution in [2.45, 2.75) is 18.8 Å². The first-order valence-electron chi connectivity index (χ1n) is 6.33. The van der Waals surface area contributed by atoms with Crippen molar-refractivity contribution in [2.24, 2.45) is 7.05 Å². The molecule has 6 heteroatoms. The van der Waals surface area contributed by atoms with Crippen LogP contribution in [0.2, 0.25) is 0 Å². The zero-order valence-corrected chi connectivity index (χ0v) is 13.6. The van der Waals surface area contributed by atoms with Crippen LogP contribution in [0.5, 0.6) is 0 Å². The number of imidazole rings is 1. The van der Waals surface area contributed by atoms with Crippen molar-refractivity contribution in [1.82, 2.24) is 19.3 Å². The summed E-state index contributed by atoms with van der Waals surface area (Å²) in [7, 11) is 1.91. The molecule has 2 aromatic heterocycles. The lowest BCUT2D eigenvalue weighted by Gasteiger charge is -2.08. The van der Waals surface area contributed by atoms with Crippen LogP contribution in [0.15, 0.2) is 34.9 Å². The molecule has 1 aromatic carbocycles. The number of hydrogen-bond acceptors (Lipinski definition) is 2. The van der Waals surface area contributed by atoms with E-state index in [-0.39, 0.29) is 5.38 Å². The highest BCUT2D eigenvalue weighted by Gasteiger charge is 2.16. The summed E-state index contributed by atoms with van der Waals surface area (Å²) in [6.45, 7) is 2.61. The Bertz CT molecular complexity index is 760. The Hall–Kier alpha value is -1.33. The van der Waals surface area contributed by atoms with E-state index in [0.717, 1.165) is 27.0 Å². The number of nitrogens with zero attached hydrogens (tertiary/aromatic N) is 4. The molecular weight excluding hydrogens is 340 g/mol. The Morgan fingerprint density at radius 1 is 1.35 bits per heavy atom. The maximum absolute atomic E-state index is 6.27. The van der Waals surface area contributed by atoms with Gasteiger partial charge in [-0.3, -0.25) is 4.68 Å². The van der Waals surface area contributed by atoms with Crippen LogP contribution in [-0.2, 0) is 13.6 Å². The lowest BCUT2D eigenvalue weighted by atomic mass is 10.3. The van der Waals surface area contributed by atoms with Gasteiger partial charge in [0.2, 0.25) is 0 Å². The Morgan fingerprint density at radius 3 is 2.80 bits per heavy atom. The van der Waals surface area contributed by atoms with Crippen molar-refractivity contribution in [3.63, 3.8) is 0 Å². The van der Waals surface area contributed by atoms with Crippen molar-refractivity contribution in [3.05, 3.63) is 46.5 Å². The van der Waals surface area contributed by atoms with Crippen molar-refractivity contribution in [2.75, 3.05) is 0 Å². The Morgan fingerprint density at radius 2 is 2.15 bits per heavy atom. The number of rotatable bonds is 3. The summed E-state index contributed by atoms with van der Waals surface area (Å²) in [5.74, 6) is 0.866. The molecular formula is C14H14BrClN4. The summed E-state index contributed by atoms with van der Waals surface area (Å²) in [5.41, 5.74) is 3.01. The number of alkyl halides is 1. The van der Waals surface area contributed by atoms with Gasteiger partial charge < -0.3 is 4.57 Å². The predicted octanol–water partition coefficient (Wildman–Crippen LogP) is 3.88. The third-order valence-corrected chi connectivity index (χ3v) is 3.87. The number of aromatic nitrogens is 4. The molecule has 0 N–H and O–H groups in total. The monoisotopic (exact) mass is 352 g/mol. The van der Waals surface area contributed by atoms with E-state index >= 15 is 0 Å². The smallest absolute Gasteiger partial charge is 0.128 e. The van der Waals surface area contributed by atoms with Gasteiger partial charge in [-0.2, -0.15) is 5.10 Å². The van der Waals surface area contributed by atoms with Crippen LogP contribution in [0.3, 0.4) is 0 Å². The quantitative estimate of drug-likeness (QED) is 0.670. The van der Waals surface area contributed by atoms with E-state index in [4.69, 9.17) is 11.6 Å². The van der Waals surface area contributed by atoms with Gasteiger partial charge in [-0.05, 0) is 31.2 Å². The zero-order valence-electron chi connectivity index (χ0n) is 11.2. The van der Waals surface area contributed by atoms with E-state index in [9.17, 15) is 0 Å². The van der Waals surface area contributed by atoms with Gasteiger partial charge >= 0.3 is 0 Å². The SMILES string of the molecule is CC(Cl)c1nc2cc(Br)ccc2n1Cc1ccn(C)n1. The standard InChI is InChI=1S/C14H14BrClN4/c1-9(16)14-17-12-7-10(15)3-4-13(12)20(14)8-11-5-6-19(2)18-11/h3-7,9H,8H2,1-2H3. The third kappa shape index (κ3) is 2.47. The second-order valence-corrected chi connectivity index (χ2v) is 6.36. The molecule has 1 atom stereocenters. The van der Waals surface area contributed by atoms with Crippen LogP contribution in [0.25, 0.3) is 11.0 Å². The average Bonchev–Trinajstić information content (AvgIpc) is 2.94. The molecule has 0 fully saturated rings. The maximum Gasteiger partial charge on any atom is 0.128 e. The molecule has 0 saturated carbocycles. The zero-order chi connectivity index (χ0) is 14.3. The molecule has 1 unspecified atom stereocenters. The van der Waals surface area contributed by atoms with E-state index in [1.54, 1.807) is 4.68 Å². The fourth-order valence-corrected chi connectivity index (χ4v) is 2.82. The third-order valence-electron chi connectivity index (χ3n) is 3.18. The first-order valence-corrected chi connectivity index (χ1v) is 7.56. The highest BCUT2D eigenvalue weighted by atomic mass is 79.9. The lowest BCUT2D eigenvalue weighted by Crippen LogP contribution is -2.06. The van der Waals surface area contributed by atoms with Gasteiger partial charge in [0.25, 0.3) is 0 Å². The van der Waals surface area contributed by atoms with Crippen molar-refractivity contribution in [1.29, 1.82) is 0 Å². The van der Waals surface area contributed by atoms with E-state index < -0.39 is 0 Å². The summed E-state index contributed by atoms with van der Waals surface area (Å²) in [6.07, 6.45) is 1.94. The molecule has 0 saturated heterocycles. The molecule has 4 nitrogen and oxygen atoms in total. The summed E-state index contributed by atoms with van der Waals surface area (Å²) in [6, 6.07) is 8.08. The fourth-order valence-electron chi connectivity index (χ4n) is 2.30. The highest BCUT2D eigenvalue weighted by Crippen LogP contribution is 2.27. The second kappa shape index (κ2) is 5.22. The molecule has 0 spiro atoms. The number of benzene rings is 1. The predicted molar refractivity (Wildman–Crippen MR) is 84.0 cm³/mol. The number of halogens is 2. The van der Waals surface area contributed by atoms with Gasteiger partial charge in [-0.25, -0.2) is 4.98 Å². The molecule has 3 rings (SSSR count). The van der Waals surface area contributed by atoms with E-state index in [0.29, 0.717) is 6.54 Å². The van der Waals surface area contributed by atoms with Crippen LogP contribution in [-0.4, -0.2) is 19.3 Å². The molecule has 2 heterocycles. The first-order chi connectivity index (χ1) is 9.54. The Balaban J connectivity index is 2.13. The lowest BCUT2D eigenvalue weighted by molar-refractivity contribution is 0.689. The molecule has 20 heavy (non-hydrogen) atoms. The summed E-state index contributed by atoms with van der Waals surface area (Å²) >= 11 is 9.75. The normalized spacial score (nSPS) is 13.0. The first kappa shape index (κ1) is 13.6.